The van der Waals surface area contributed by atoms with Crippen molar-refractivity contribution in [3.8, 4) is 0 Å². The summed E-state index contributed by atoms with van der Waals surface area (Å²) < 4.78 is 0. The van der Waals surface area contributed by atoms with Crippen LogP contribution in [-0.2, 0) is 0 Å². The zero-order valence-electron chi connectivity index (χ0n) is 7.84. The van der Waals surface area contributed by atoms with Gasteiger partial charge in [-0.3, -0.25) is 4.90 Å². The molecule has 1 nitrogen and oxygen atoms in total. The van der Waals surface area contributed by atoms with Crippen LogP contribution in [0.3, 0.4) is 0 Å². The van der Waals surface area contributed by atoms with Crippen molar-refractivity contribution in [1.82, 2.24) is 4.90 Å². The summed E-state index contributed by atoms with van der Waals surface area (Å²) in [5, 5.41) is 0. The molecule has 0 spiro atoms. The maximum Gasteiger partial charge on any atom is 0.0248 e. The van der Waals surface area contributed by atoms with Crippen LogP contribution in [0.5, 0.6) is 0 Å². The quantitative estimate of drug-likeness (QED) is 0.604. The summed E-state index contributed by atoms with van der Waals surface area (Å²) in [4.78, 5) is 2.42. The van der Waals surface area contributed by atoms with E-state index in [0.29, 0.717) is 0 Å². The first-order chi connectivity index (χ1) is 5.34. The van der Waals surface area contributed by atoms with Crippen molar-refractivity contribution in [2.45, 2.75) is 51.5 Å². The summed E-state index contributed by atoms with van der Waals surface area (Å²) in [6.45, 7) is 4.52. The molecule has 0 heterocycles. The molecule has 1 rings (SSSR count). The fourth-order valence-corrected chi connectivity index (χ4v) is 1.93. The fraction of sp³-hybridized carbons (Fsp3) is 0.900. The van der Waals surface area contributed by atoms with Crippen LogP contribution >= 0.6 is 0 Å². The van der Waals surface area contributed by atoms with E-state index in [4.69, 9.17) is 0 Å². The Morgan fingerprint density at radius 3 is 2.45 bits per heavy atom. The van der Waals surface area contributed by atoms with Crippen LogP contribution in [0.1, 0.15) is 45.4 Å². The van der Waals surface area contributed by atoms with E-state index in [1.807, 2.05) is 0 Å². The van der Waals surface area contributed by atoms with Crippen LogP contribution in [0.25, 0.3) is 0 Å². The van der Waals surface area contributed by atoms with Crippen LogP contribution in [-0.4, -0.2) is 18.0 Å². The van der Waals surface area contributed by atoms with Crippen LogP contribution < -0.4 is 0 Å². The van der Waals surface area contributed by atoms with Crippen molar-refractivity contribution in [3.63, 3.8) is 0 Å². The highest BCUT2D eigenvalue weighted by Gasteiger charge is 2.16. The first kappa shape index (κ1) is 9.05. The average molecular weight is 154 g/mol. The molecule has 0 atom stereocenters. The SMILES string of the molecule is CC[CH]N(C)C1CCCCC1. The Kier molecular flexibility index (Phi) is 3.92. The van der Waals surface area contributed by atoms with Crippen LogP contribution in [0.4, 0.5) is 0 Å². The fourth-order valence-electron chi connectivity index (χ4n) is 1.93. The molecule has 0 unspecified atom stereocenters. The summed E-state index contributed by atoms with van der Waals surface area (Å²) in [6, 6.07) is 0.851. The Balaban J connectivity index is 2.21. The van der Waals surface area contributed by atoms with Gasteiger partial charge in [-0.1, -0.05) is 26.2 Å². The van der Waals surface area contributed by atoms with Crippen LogP contribution in [0.2, 0.25) is 0 Å². The third kappa shape index (κ3) is 2.82. The van der Waals surface area contributed by atoms with Gasteiger partial charge in [0.25, 0.3) is 0 Å². The van der Waals surface area contributed by atoms with Crippen LogP contribution in [0.15, 0.2) is 0 Å². The van der Waals surface area contributed by atoms with Crippen molar-refractivity contribution in [2.75, 3.05) is 7.05 Å². The van der Waals surface area contributed by atoms with Gasteiger partial charge in [0.15, 0.2) is 0 Å². The lowest BCUT2D eigenvalue weighted by atomic mass is 9.94. The van der Waals surface area contributed by atoms with E-state index in [1.165, 1.54) is 38.5 Å². The van der Waals surface area contributed by atoms with Gasteiger partial charge in [-0.15, -0.1) is 0 Å². The normalized spacial score (nSPS) is 21.0. The molecule has 1 heteroatoms. The van der Waals surface area contributed by atoms with E-state index in [-0.39, 0.29) is 0 Å². The molecular weight excluding hydrogens is 134 g/mol. The second-order valence-electron chi connectivity index (χ2n) is 3.55. The largest absolute Gasteiger partial charge is 0.299 e. The lowest BCUT2D eigenvalue weighted by Gasteiger charge is -2.30. The predicted octanol–water partition coefficient (Wildman–Crippen LogP) is 2.82. The minimum absolute atomic E-state index is 0.851. The van der Waals surface area contributed by atoms with Gasteiger partial charge in [-0.25, -0.2) is 0 Å². The summed E-state index contributed by atoms with van der Waals surface area (Å²) >= 11 is 0. The van der Waals surface area contributed by atoms with Gasteiger partial charge in [0.2, 0.25) is 0 Å². The Labute approximate surface area is 70.8 Å². The van der Waals surface area contributed by atoms with Crippen molar-refractivity contribution in [2.24, 2.45) is 0 Å². The topological polar surface area (TPSA) is 3.24 Å². The van der Waals surface area contributed by atoms with Gasteiger partial charge in [0, 0.05) is 12.6 Å². The van der Waals surface area contributed by atoms with Gasteiger partial charge in [0.1, 0.15) is 0 Å². The lowest BCUT2D eigenvalue weighted by Crippen LogP contribution is -2.31. The van der Waals surface area contributed by atoms with Crippen molar-refractivity contribution in [1.29, 1.82) is 0 Å². The molecule has 0 aromatic carbocycles. The van der Waals surface area contributed by atoms with Crippen LogP contribution in [0, 0.1) is 6.54 Å². The van der Waals surface area contributed by atoms with Crippen molar-refractivity contribution >= 4 is 0 Å². The van der Waals surface area contributed by atoms with Gasteiger partial charge >= 0.3 is 0 Å². The Hall–Kier alpha value is -0.0400. The molecule has 11 heavy (non-hydrogen) atoms. The molecule has 0 aromatic rings. The number of rotatable bonds is 3. The second-order valence-corrected chi connectivity index (χ2v) is 3.55. The Morgan fingerprint density at radius 1 is 1.27 bits per heavy atom. The second kappa shape index (κ2) is 4.76. The molecule has 0 aromatic heterocycles. The molecule has 0 N–H and O–H groups in total. The molecule has 0 saturated heterocycles. The molecule has 65 valence electrons. The standard InChI is InChI=1S/C10H20N/c1-3-9-11(2)10-7-5-4-6-8-10/h9-10H,3-8H2,1-2H3. The molecule has 0 aliphatic heterocycles. The van der Waals surface area contributed by atoms with E-state index in [9.17, 15) is 0 Å². The highest BCUT2D eigenvalue weighted by molar-refractivity contribution is 4.77. The van der Waals surface area contributed by atoms with E-state index in [2.05, 4.69) is 25.4 Å². The van der Waals surface area contributed by atoms with Gasteiger partial charge < -0.3 is 0 Å². The monoisotopic (exact) mass is 154 g/mol. The molecule has 0 amide bonds. The highest BCUT2D eigenvalue weighted by Crippen LogP contribution is 2.22. The average Bonchev–Trinajstić information content (AvgIpc) is 2.07. The third-order valence-corrected chi connectivity index (χ3v) is 2.62. The zero-order chi connectivity index (χ0) is 8.10. The van der Waals surface area contributed by atoms with E-state index in [0.717, 1.165) is 6.04 Å². The Bertz CT molecular complexity index is 95.0. The van der Waals surface area contributed by atoms with Gasteiger partial charge in [-0.05, 0) is 26.3 Å². The number of hydrogen-bond acceptors (Lipinski definition) is 1. The molecule has 1 saturated carbocycles. The third-order valence-electron chi connectivity index (χ3n) is 2.62. The summed E-state index contributed by atoms with van der Waals surface area (Å²) in [5.41, 5.74) is 0. The maximum atomic E-state index is 2.42. The molecule has 1 fully saturated rings. The number of hydrogen-bond donors (Lipinski definition) is 0. The van der Waals surface area contributed by atoms with Crippen molar-refractivity contribution < 1.29 is 0 Å². The highest BCUT2D eigenvalue weighted by atomic mass is 15.1. The predicted molar refractivity (Wildman–Crippen MR) is 49.2 cm³/mol. The van der Waals surface area contributed by atoms with E-state index in [1.54, 1.807) is 0 Å². The molecule has 1 radical (unpaired) electrons. The number of nitrogens with zero attached hydrogens (tertiary/aromatic N) is 1. The van der Waals surface area contributed by atoms with Gasteiger partial charge in [-0.2, -0.15) is 0 Å². The Morgan fingerprint density at radius 2 is 1.91 bits per heavy atom. The first-order valence-corrected chi connectivity index (χ1v) is 4.90. The minimum Gasteiger partial charge on any atom is -0.299 e. The summed E-state index contributed by atoms with van der Waals surface area (Å²) in [6.07, 6.45) is 8.32. The van der Waals surface area contributed by atoms with Gasteiger partial charge in [0.05, 0.1) is 0 Å². The maximum absolute atomic E-state index is 2.42. The first-order valence-electron chi connectivity index (χ1n) is 4.90. The van der Waals surface area contributed by atoms with Crippen molar-refractivity contribution in [3.05, 3.63) is 6.54 Å². The summed E-state index contributed by atoms with van der Waals surface area (Å²) in [5.74, 6) is 0. The summed E-state index contributed by atoms with van der Waals surface area (Å²) in [7, 11) is 2.22. The molecular formula is C10H20N. The lowest BCUT2D eigenvalue weighted by molar-refractivity contribution is 0.226. The smallest absolute Gasteiger partial charge is 0.0248 e. The van der Waals surface area contributed by atoms with E-state index >= 15 is 0 Å². The minimum atomic E-state index is 0.851. The molecule has 1 aliphatic rings. The zero-order valence-corrected chi connectivity index (χ0v) is 7.84. The molecule has 1 aliphatic carbocycles. The molecule has 0 bridgehead atoms. The van der Waals surface area contributed by atoms with E-state index < -0.39 is 0 Å².